The first kappa shape index (κ1) is 17.9. The molecule has 0 aliphatic carbocycles. The standard InChI is InChI=1S/C16H27N5OS/c1-5-12(6-2)14-19-20-16(23-14)18-15(22)17-11(3)13-7-9-21(4)10-8-13/h7,11-12H,5-6,8-10H2,1-4H3,(H2,17,18,20,22)/t11-/m0/s1. The number of hydrogen-bond donors (Lipinski definition) is 2. The minimum absolute atomic E-state index is 0.0372. The van der Waals surface area contributed by atoms with Gasteiger partial charge >= 0.3 is 6.03 Å². The second kappa shape index (κ2) is 8.40. The van der Waals surface area contributed by atoms with Gasteiger partial charge in [-0.15, -0.1) is 10.2 Å². The summed E-state index contributed by atoms with van der Waals surface area (Å²) in [6, 6.07) is -0.181. The predicted octanol–water partition coefficient (Wildman–Crippen LogP) is 3.21. The van der Waals surface area contributed by atoms with Gasteiger partial charge in [0.1, 0.15) is 5.01 Å². The summed E-state index contributed by atoms with van der Waals surface area (Å²) in [5.41, 5.74) is 1.29. The first-order valence-electron chi connectivity index (χ1n) is 8.31. The molecular formula is C16H27N5OS. The summed E-state index contributed by atoms with van der Waals surface area (Å²) in [4.78, 5) is 14.4. The Hall–Kier alpha value is -1.47. The molecule has 0 bridgehead atoms. The highest BCUT2D eigenvalue weighted by molar-refractivity contribution is 7.15. The Kier molecular flexibility index (Phi) is 6.53. The predicted molar refractivity (Wildman–Crippen MR) is 95.0 cm³/mol. The lowest BCUT2D eigenvalue weighted by Gasteiger charge is -2.25. The normalized spacial score (nSPS) is 17.0. The highest BCUT2D eigenvalue weighted by Gasteiger charge is 2.18. The van der Waals surface area contributed by atoms with E-state index in [1.165, 1.54) is 16.9 Å². The number of hydrogen-bond acceptors (Lipinski definition) is 5. The molecule has 1 aliphatic rings. The van der Waals surface area contributed by atoms with Gasteiger partial charge in [-0.05, 0) is 38.8 Å². The molecule has 0 unspecified atom stereocenters. The first-order valence-corrected chi connectivity index (χ1v) is 9.13. The molecule has 6 nitrogen and oxygen atoms in total. The zero-order valence-corrected chi connectivity index (χ0v) is 15.2. The third kappa shape index (κ3) is 5.00. The van der Waals surface area contributed by atoms with E-state index in [1.807, 2.05) is 6.92 Å². The van der Waals surface area contributed by atoms with E-state index in [9.17, 15) is 4.79 Å². The van der Waals surface area contributed by atoms with Crippen LogP contribution < -0.4 is 10.6 Å². The van der Waals surface area contributed by atoms with Crippen molar-refractivity contribution in [1.82, 2.24) is 20.4 Å². The number of carbonyl (C=O) groups is 1. The molecule has 0 saturated heterocycles. The second-order valence-corrected chi connectivity index (χ2v) is 7.08. The van der Waals surface area contributed by atoms with E-state index in [2.05, 4.69) is 52.7 Å². The zero-order chi connectivity index (χ0) is 16.8. The van der Waals surface area contributed by atoms with Crippen LogP contribution in [0.1, 0.15) is 51.0 Å². The number of likely N-dealkylation sites (N-methyl/N-ethyl adjacent to an activating group) is 1. The van der Waals surface area contributed by atoms with E-state index in [0.717, 1.165) is 37.4 Å². The molecule has 2 heterocycles. The summed E-state index contributed by atoms with van der Waals surface area (Å²) in [6.45, 7) is 8.29. The number of urea groups is 1. The van der Waals surface area contributed by atoms with Crippen LogP contribution in [0, 0.1) is 0 Å². The van der Waals surface area contributed by atoms with Crippen molar-refractivity contribution in [3.8, 4) is 0 Å². The Bertz CT molecular complexity index is 552. The van der Waals surface area contributed by atoms with E-state index < -0.39 is 0 Å². The molecule has 0 radical (unpaired) electrons. The van der Waals surface area contributed by atoms with Crippen molar-refractivity contribution in [3.05, 3.63) is 16.7 Å². The number of aromatic nitrogens is 2. The van der Waals surface area contributed by atoms with Crippen LogP contribution in [0.4, 0.5) is 9.93 Å². The second-order valence-electron chi connectivity index (χ2n) is 6.07. The van der Waals surface area contributed by atoms with Crippen molar-refractivity contribution in [2.45, 2.75) is 52.0 Å². The molecule has 0 fully saturated rings. The van der Waals surface area contributed by atoms with Gasteiger partial charge in [0.15, 0.2) is 0 Å². The highest BCUT2D eigenvalue weighted by Crippen LogP contribution is 2.28. The number of nitrogens with zero attached hydrogens (tertiary/aromatic N) is 3. The lowest BCUT2D eigenvalue weighted by molar-refractivity contribution is 0.249. The van der Waals surface area contributed by atoms with Gasteiger partial charge < -0.3 is 10.2 Å². The summed E-state index contributed by atoms with van der Waals surface area (Å²) in [5.74, 6) is 0.425. The smallest absolute Gasteiger partial charge is 0.321 e. The van der Waals surface area contributed by atoms with Crippen molar-refractivity contribution in [2.75, 3.05) is 25.5 Å². The Labute approximate surface area is 142 Å². The Morgan fingerprint density at radius 2 is 2.13 bits per heavy atom. The maximum absolute atomic E-state index is 12.1. The third-order valence-corrected chi connectivity index (χ3v) is 5.35. The van der Waals surface area contributed by atoms with Crippen LogP contribution >= 0.6 is 11.3 Å². The Morgan fingerprint density at radius 1 is 1.39 bits per heavy atom. The molecule has 128 valence electrons. The lowest BCUT2D eigenvalue weighted by atomic mass is 10.0. The van der Waals surface area contributed by atoms with Crippen LogP contribution in [0.25, 0.3) is 0 Å². The number of amides is 2. The number of nitrogens with one attached hydrogen (secondary N) is 2. The van der Waals surface area contributed by atoms with Crippen LogP contribution in [-0.4, -0.2) is 47.3 Å². The summed E-state index contributed by atoms with van der Waals surface area (Å²) >= 11 is 1.47. The molecule has 2 amide bonds. The van der Waals surface area contributed by atoms with Crippen LogP contribution in [0.15, 0.2) is 11.6 Å². The van der Waals surface area contributed by atoms with Crippen LogP contribution in [0.3, 0.4) is 0 Å². The van der Waals surface area contributed by atoms with Crippen molar-refractivity contribution < 1.29 is 4.79 Å². The van der Waals surface area contributed by atoms with Crippen LogP contribution in [0.5, 0.6) is 0 Å². The molecule has 1 aliphatic heterocycles. The Balaban J connectivity index is 1.87. The van der Waals surface area contributed by atoms with E-state index in [0.29, 0.717) is 11.0 Å². The topological polar surface area (TPSA) is 70.1 Å². The molecule has 7 heteroatoms. The number of carbonyl (C=O) groups excluding carboxylic acids is 1. The number of anilines is 1. The minimum Gasteiger partial charge on any atom is -0.332 e. The van der Waals surface area contributed by atoms with Gasteiger partial charge in [0, 0.05) is 25.0 Å². The van der Waals surface area contributed by atoms with E-state index >= 15 is 0 Å². The van der Waals surface area contributed by atoms with Crippen LogP contribution in [-0.2, 0) is 0 Å². The monoisotopic (exact) mass is 337 g/mol. The number of rotatable bonds is 6. The molecule has 23 heavy (non-hydrogen) atoms. The summed E-state index contributed by atoms with van der Waals surface area (Å²) < 4.78 is 0. The van der Waals surface area contributed by atoms with E-state index in [1.54, 1.807) is 0 Å². The minimum atomic E-state index is -0.218. The summed E-state index contributed by atoms with van der Waals surface area (Å²) in [6.07, 6.45) is 5.27. The largest absolute Gasteiger partial charge is 0.332 e. The van der Waals surface area contributed by atoms with Gasteiger partial charge in [-0.3, -0.25) is 5.32 Å². The van der Waals surface area contributed by atoms with Gasteiger partial charge in [-0.1, -0.05) is 31.3 Å². The molecule has 0 saturated carbocycles. The van der Waals surface area contributed by atoms with Crippen LogP contribution in [0.2, 0.25) is 0 Å². The van der Waals surface area contributed by atoms with Crippen molar-refractivity contribution in [2.24, 2.45) is 0 Å². The molecule has 2 rings (SSSR count). The summed E-state index contributed by atoms with van der Waals surface area (Å²) in [5, 5.41) is 15.6. The molecule has 1 aromatic heterocycles. The highest BCUT2D eigenvalue weighted by atomic mass is 32.1. The van der Waals surface area contributed by atoms with Crippen molar-refractivity contribution in [1.29, 1.82) is 0 Å². The summed E-state index contributed by atoms with van der Waals surface area (Å²) in [7, 11) is 2.10. The fraction of sp³-hybridized carbons (Fsp3) is 0.688. The molecule has 2 N–H and O–H groups in total. The van der Waals surface area contributed by atoms with Gasteiger partial charge in [0.2, 0.25) is 5.13 Å². The third-order valence-electron chi connectivity index (χ3n) is 4.35. The van der Waals surface area contributed by atoms with Crippen molar-refractivity contribution in [3.63, 3.8) is 0 Å². The van der Waals surface area contributed by atoms with Crippen molar-refractivity contribution >= 4 is 22.5 Å². The van der Waals surface area contributed by atoms with E-state index in [-0.39, 0.29) is 12.1 Å². The fourth-order valence-electron chi connectivity index (χ4n) is 2.69. The maximum Gasteiger partial charge on any atom is 0.321 e. The lowest BCUT2D eigenvalue weighted by Crippen LogP contribution is -2.39. The molecular weight excluding hydrogens is 310 g/mol. The molecule has 1 aromatic rings. The molecule has 1 atom stereocenters. The zero-order valence-electron chi connectivity index (χ0n) is 14.4. The van der Waals surface area contributed by atoms with Gasteiger partial charge in [-0.25, -0.2) is 4.79 Å². The average Bonchev–Trinajstić information content (AvgIpc) is 2.97. The SMILES string of the molecule is CCC(CC)c1nnc(NC(=O)N[C@@H](C)C2=CCN(C)CC2)s1. The van der Waals surface area contributed by atoms with Gasteiger partial charge in [-0.2, -0.15) is 0 Å². The quantitative estimate of drug-likeness (QED) is 0.782. The fourth-order valence-corrected chi connectivity index (χ4v) is 3.70. The molecule has 0 spiro atoms. The first-order chi connectivity index (χ1) is 11.0. The van der Waals surface area contributed by atoms with Gasteiger partial charge in [0.25, 0.3) is 0 Å². The Morgan fingerprint density at radius 3 is 2.74 bits per heavy atom. The average molecular weight is 337 g/mol. The van der Waals surface area contributed by atoms with Gasteiger partial charge in [0.05, 0.1) is 0 Å². The molecule has 0 aromatic carbocycles. The van der Waals surface area contributed by atoms with E-state index in [4.69, 9.17) is 0 Å². The maximum atomic E-state index is 12.1.